The Bertz CT molecular complexity index is 585. The van der Waals surface area contributed by atoms with Gasteiger partial charge in [0.15, 0.2) is 5.96 Å². The lowest BCUT2D eigenvalue weighted by molar-refractivity contribution is 0.0415. The molecule has 0 atom stereocenters. The standard InChI is InChI=1S/C20H34N4O2.HI/c1-5-20(25,6-2)16-22-19(21-7-3)24-13-11-23(12-14-24)17-9-8-10-18(15-17)26-4;/h8-10,15,25H,5-7,11-14,16H2,1-4H3,(H,21,22);1H. The van der Waals surface area contributed by atoms with Gasteiger partial charge < -0.3 is 25.0 Å². The molecule has 1 aliphatic heterocycles. The number of rotatable bonds is 7. The molecular weight excluding hydrogens is 455 g/mol. The molecule has 0 radical (unpaired) electrons. The van der Waals surface area contributed by atoms with E-state index in [2.05, 4.69) is 34.2 Å². The summed E-state index contributed by atoms with van der Waals surface area (Å²) in [6.45, 7) is 11.0. The molecule has 1 aromatic carbocycles. The summed E-state index contributed by atoms with van der Waals surface area (Å²) in [5.41, 5.74) is 0.487. The molecule has 27 heavy (non-hydrogen) atoms. The molecule has 6 nitrogen and oxygen atoms in total. The van der Waals surface area contributed by atoms with Crippen molar-refractivity contribution in [1.82, 2.24) is 10.2 Å². The molecule has 0 aliphatic carbocycles. The molecule has 2 N–H and O–H groups in total. The van der Waals surface area contributed by atoms with Crippen molar-refractivity contribution in [3.05, 3.63) is 24.3 Å². The van der Waals surface area contributed by atoms with E-state index in [0.717, 1.165) is 57.3 Å². The molecule has 0 saturated carbocycles. The zero-order chi connectivity index (χ0) is 19.0. The fraction of sp³-hybridized carbons (Fsp3) is 0.650. The molecule has 1 aliphatic rings. The summed E-state index contributed by atoms with van der Waals surface area (Å²) in [6.07, 6.45) is 1.44. The Kier molecular flexibility index (Phi) is 10.2. The first kappa shape index (κ1) is 23.8. The highest BCUT2D eigenvalue weighted by atomic mass is 127. The van der Waals surface area contributed by atoms with E-state index in [1.807, 2.05) is 26.0 Å². The second kappa shape index (κ2) is 11.6. The van der Waals surface area contributed by atoms with Crippen LogP contribution in [0, 0.1) is 0 Å². The third-order valence-corrected chi connectivity index (χ3v) is 5.17. The third-order valence-electron chi connectivity index (χ3n) is 5.17. The maximum atomic E-state index is 10.5. The Hall–Kier alpha value is -1.22. The van der Waals surface area contributed by atoms with Crippen LogP contribution in [0.2, 0.25) is 0 Å². The van der Waals surface area contributed by atoms with Crippen LogP contribution < -0.4 is 15.0 Å². The number of aliphatic imine (C=N–C) groups is 1. The van der Waals surface area contributed by atoms with Crippen molar-refractivity contribution < 1.29 is 9.84 Å². The molecule has 0 amide bonds. The molecule has 1 heterocycles. The Balaban J connectivity index is 0.00000364. The molecular formula is C20H35IN4O2. The maximum Gasteiger partial charge on any atom is 0.194 e. The lowest BCUT2D eigenvalue weighted by Crippen LogP contribution is -2.53. The van der Waals surface area contributed by atoms with Gasteiger partial charge in [0.05, 0.1) is 19.3 Å². The number of anilines is 1. The smallest absolute Gasteiger partial charge is 0.194 e. The van der Waals surface area contributed by atoms with Crippen molar-refractivity contribution in [3.63, 3.8) is 0 Å². The van der Waals surface area contributed by atoms with Gasteiger partial charge in [-0.05, 0) is 31.9 Å². The number of guanidine groups is 1. The lowest BCUT2D eigenvalue weighted by atomic mass is 9.98. The minimum Gasteiger partial charge on any atom is -0.497 e. The first-order chi connectivity index (χ1) is 12.5. The molecule has 1 saturated heterocycles. The van der Waals surface area contributed by atoms with E-state index in [4.69, 9.17) is 9.73 Å². The van der Waals surface area contributed by atoms with Gasteiger partial charge in [0.1, 0.15) is 5.75 Å². The molecule has 0 bridgehead atoms. The summed E-state index contributed by atoms with van der Waals surface area (Å²) >= 11 is 0. The minimum atomic E-state index is -0.705. The minimum absolute atomic E-state index is 0. The second-order valence-electron chi connectivity index (χ2n) is 6.78. The predicted octanol–water partition coefficient (Wildman–Crippen LogP) is 2.95. The number of piperazine rings is 1. The fourth-order valence-corrected chi connectivity index (χ4v) is 3.11. The average molecular weight is 490 g/mol. The molecule has 0 spiro atoms. The molecule has 0 aromatic heterocycles. The molecule has 1 aromatic rings. The van der Waals surface area contributed by atoms with E-state index in [1.165, 1.54) is 5.69 Å². The molecule has 1 fully saturated rings. The van der Waals surface area contributed by atoms with E-state index >= 15 is 0 Å². The Morgan fingerprint density at radius 3 is 2.41 bits per heavy atom. The molecule has 0 unspecified atom stereocenters. The van der Waals surface area contributed by atoms with E-state index in [0.29, 0.717) is 6.54 Å². The zero-order valence-electron chi connectivity index (χ0n) is 17.1. The molecule has 7 heteroatoms. The van der Waals surface area contributed by atoms with Crippen molar-refractivity contribution in [2.75, 3.05) is 51.3 Å². The third kappa shape index (κ3) is 6.71. The van der Waals surface area contributed by atoms with Crippen molar-refractivity contribution in [3.8, 4) is 5.75 Å². The number of benzene rings is 1. The van der Waals surface area contributed by atoms with Crippen molar-refractivity contribution in [1.29, 1.82) is 0 Å². The largest absolute Gasteiger partial charge is 0.497 e. The summed E-state index contributed by atoms with van der Waals surface area (Å²) in [6, 6.07) is 8.21. The highest BCUT2D eigenvalue weighted by molar-refractivity contribution is 14.0. The fourth-order valence-electron chi connectivity index (χ4n) is 3.11. The summed E-state index contributed by atoms with van der Waals surface area (Å²) in [4.78, 5) is 9.37. The number of hydrogen-bond acceptors (Lipinski definition) is 4. The number of aliphatic hydroxyl groups is 1. The van der Waals surface area contributed by atoms with Gasteiger partial charge in [0.25, 0.3) is 0 Å². The van der Waals surface area contributed by atoms with Gasteiger partial charge in [-0.15, -0.1) is 24.0 Å². The monoisotopic (exact) mass is 490 g/mol. The average Bonchev–Trinajstić information content (AvgIpc) is 2.71. The van der Waals surface area contributed by atoms with E-state index in [1.54, 1.807) is 7.11 Å². The Morgan fingerprint density at radius 2 is 1.85 bits per heavy atom. The summed E-state index contributed by atoms with van der Waals surface area (Å²) in [7, 11) is 1.70. The van der Waals surface area contributed by atoms with Crippen molar-refractivity contribution >= 4 is 35.6 Å². The van der Waals surface area contributed by atoms with Crippen LogP contribution in [0.25, 0.3) is 0 Å². The van der Waals surface area contributed by atoms with Crippen LogP contribution in [0.4, 0.5) is 5.69 Å². The summed E-state index contributed by atoms with van der Waals surface area (Å²) in [5, 5.41) is 13.9. The second-order valence-corrected chi connectivity index (χ2v) is 6.78. The Morgan fingerprint density at radius 1 is 1.19 bits per heavy atom. The highest BCUT2D eigenvalue weighted by Gasteiger charge is 2.24. The highest BCUT2D eigenvalue weighted by Crippen LogP contribution is 2.22. The number of halogens is 1. The van der Waals surface area contributed by atoms with Gasteiger partial charge in [0.2, 0.25) is 0 Å². The zero-order valence-corrected chi connectivity index (χ0v) is 19.4. The van der Waals surface area contributed by atoms with Gasteiger partial charge in [-0.2, -0.15) is 0 Å². The van der Waals surface area contributed by atoms with Crippen LogP contribution in [0.1, 0.15) is 33.6 Å². The quantitative estimate of drug-likeness (QED) is 0.350. The van der Waals surface area contributed by atoms with E-state index in [9.17, 15) is 5.11 Å². The van der Waals surface area contributed by atoms with Crippen LogP contribution in [-0.2, 0) is 0 Å². The van der Waals surface area contributed by atoms with Gasteiger partial charge in [-0.1, -0.05) is 19.9 Å². The first-order valence-electron chi connectivity index (χ1n) is 9.69. The molecule has 2 rings (SSSR count). The van der Waals surface area contributed by atoms with Crippen LogP contribution in [0.5, 0.6) is 5.75 Å². The van der Waals surface area contributed by atoms with Gasteiger partial charge in [0, 0.05) is 44.5 Å². The first-order valence-corrected chi connectivity index (χ1v) is 9.69. The molecule has 154 valence electrons. The van der Waals surface area contributed by atoms with E-state index < -0.39 is 5.60 Å². The SMILES string of the molecule is CCNC(=NCC(O)(CC)CC)N1CCN(c2cccc(OC)c2)CC1.I. The number of nitrogens with one attached hydrogen (secondary N) is 1. The van der Waals surface area contributed by atoms with Crippen molar-refractivity contribution in [2.24, 2.45) is 4.99 Å². The van der Waals surface area contributed by atoms with Crippen LogP contribution in [0.15, 0.2) is 29.3 Å². The maximum absolute atomic E-state index is 10.5. The van der Waals surface area contributed by atoms with Crippen LogP contribution in [-0.4, -0.2) is 67.9 Å². The van der Waals surface area contributed by atoms with Crippen LogP contribution in [0.3, 0.4) is 0 Å². The number of methoxy groups -OCH3 is 1. The summed E-state index contributed by atoms with van der Waals surface area (Å²) < 4.78 is 5.33. The van der Waals surface area contributed by atoms with Gasteiger partial charge in [-0.3, -0.25) is 4.99 Å². The van der Waals surface area contributed by atoms with Crippen LogP contribution >= 0.6 is 24.0 Å². The topological polar surface area (TPSA) is 60.3 Å². The lowest BCUT2D eigenvalue weighted by Gasteiger charge is -2.38. The van der Waals surface area contributed by atoms with E-state index in [-0.39, 0.29) is 24.0 Å². The number of ether oxygens (including phenoxy) is 1. The van der Waals surface area contributed by atoms with Crippen molar-refractivity contribution in [2.45, 2.75) is 39.2 Å². The number of hydrogen-bond donors (Lipinski definition) is 2. The van der Waals surface area contributed by atoms with Gasteiger partial charge in [-0.25, -0.2) is 0 Å². The normalized spacial score (nSPS) is 15.4. The van der Waals surface area contributed by atoms with Gasteiger partial charge >= 0.3 is 0 Å². The predicted molar refractivity (Wildman–Crippen MR) is 124 cm³/mol. The Labute approximate surface area is 181 Å². The number of nitrogens with zero attached hydrogens (tertiary/aromatic N) is 3. The summed E-state index contributed by atoms with van der Waals surface area (Å²) in [5.74, 6) is 1.79.